The number of rotatable bonds is 14. The molecule has 2 unspecified atom stereocenters. The molecule has 39 heavy (non-hydrogen) atoms. The average Bonchev–Trinajstić information content (AvgIpc) is 3.32. The fourth-order valence-corrected chi connectivity index (χ4v) is 6.22. The quantitative estimate of drug-likeness (QED) is 0.223. The van der Waals surface area contributed by atoms with E-state index < -0.39 is 8.53 Å². The Morgan fingerprint density at radius 1 is 1.26 bits per heavy atom. The molecular weight excluding hydrogens is 519 g/mol. The van der Waals surface area contributed by atoms with Crippen molar-refractivity contribution in [1.82, 2.24) is 19.7 Å². The van der Waals surface area contributed by atoms with Crippen LogP contribution >= 0.6 is 8.53 Å². The standard InChI is InChI=1S/C27H33N6O5P/c28-13-14-35-22(9-7-20-8-10-24-26(29)30-19-31-33(20)24)18-36-39(38-21-5-2-1-3-6-21)32-17-25(34)37-23-15-27(16-23)11-4-12-27/h1-3,5-6,8,10,19,22-23,32H,4,7,9,11-12,14-18H2,(H2,29,30,31). The average molecular weight is 553 g/mol. The highest BCUT2D eigenvalue weighted by Gasteiger charge is 2.49. The van der Waals surface area contributed by atoms with Crippen LogP contribution in [0.4, 0.5) is 5.82 Å². The molecule has 5 rings (SSSR count). The number of fused-ring (bicyclic) bond motifs is 1. The summed E-state index contributed by atoms with van der Waals surface area (Å²) in [6.45, 7) is 0.0645. The zero-order valence-corrected chi connectivity index (χ0v) is 22.6. The number of carbonyl (C=O) groups is 1. The molecular formula is C27H33N6O5P. The van der Waals surface area contributed by atoms with Gasteiger partial charge in [-0.3, -0.25) is 4.79 Å². The first-order valence-electron chi connectivity index (χ1n) is 13.2. The third-order valence-corrected chi connectivity index (χ3v) is 8.54. The van der Waals surface area contributed by atoms with Crippen molar-refractivity contribution in [3.05, 3.63) is 54.5 Å². The van der Waals surface area contributed by atoms with Crippen LogP contribution in [0.25, 0.3) is 5.52 Å². The fourth-order valence-electron chi connectivity index (χ4n) is 5.14. The summed E-state index contributed by atoms with van der Waals surface area (Å²) in [5.74, 6) is 0.701. The Bertz CT molecular complexity index is 1290. The van der Waals surface area contributed by atoms with Gasteiger partial charge in [0.1, 0.15) is 36.8 Å². The summed E-state index contributed by atoms with van der Waals surface area (Å²) in [6, 6.07) is 15.1. The lowest BCUT2D eigenvalue weighted by Gasteiger charge is -2.53. The molecule has 1 aromatic carbocycles. The van der Waals surface area contributed by atoms with Gasteiger partial charge >= 0.3 is 14.5 Å². The molecule has 0 aliphatic heterocycles. The minimum atomic E-state index is -1.68. The van der Waals surface area contributed by atoms with Crippen LogP contribution in [0.15, 0.2) is 48.8 Å². The number of hydrogen-bond acceptors (Lipinski definition) is 10. The third-order valence-electron chi connectivity index (χ3n) is 7.36. The number of benzene rings is 1. The smallest absolute Gasteiger partial charge is 0.320 e. The minimum Gasteiger partial charge on any atom is -0.461 e. The van der Waals surface area contributed by atoms with E-state index >= 15 is 0 Å². The van der Waals surface area contributed by atoms with Crippen molar-refractivity contribution >= 4 is 25.8 Å². The molecule has 3 aromatic rings. The van der Waals surface area contributed by atoms with E-state index in [4.69, 9.17) is 29.5 Å². The molecule has 206 valence electrons. The molecule has 3 N–H and O–H groups in total. The van der Waals surface area contributed by atoms with Gasteiger partial charge < -0.3 is 24.3 Å². The van der Waals surface area contributed by atoms with Gasteiger partial charge in [0.05, 0.1) is 18.8 Å². The predicted octanol–water partition coefficient (Wildman–Crippen LogP) is 3.94. The summed E-state index contributed by atoms with van der Waals surface area (Å²) in [7, 11) is -1.68. The Balaban J connectivity index is 1.15. The third kappa shape index (κ3) is 7.02. The zero-order valence-electron chi connectivity index (χ0n) is 21.7. The van der Waals surface area contributed by atoms with E-state index in [1.54, 1.807) is 4.52 Å². The molecule has 2 aliphatic carbocycles. The van der Waals surface area contributed by atoms with Gasteiger partial charge in [0, 0.05) is 5.69 Å². The molecule has 2 atom stereocenters. The second-order valence-electron chi connectivity index (χ2n) is 10.1. The van der Waals surface area contributed by atoms with E-state index in [0.29, 0.717) is 29.8 Å². The van der Waals surface area contributed by atoms with Gasteiger partial charge in [-0.1, -0.05) is 24.6 Å². The molecule has 0 amide bonds. The van der Waals surface area contributed by atoms with Crippen LogP contribution < -0.4 is 15.3 Å². The molecule has 12 heteroatoms. The number of nitrogen functional groups attached to an aromatic ring is 1. The lowest BCUT2D eigenvalue weighted by atomic mass is 9.55. The Labute approximate surface area is 228 Å². The summed E-state index contributed by atoms with van der Waals surface area (Å²) in [5, 5.41) is 16.4. The van der Waals surface area contributed by atoms with Gasteiger partial charge in [-0.15, -0.1) is 0 Å². The van der Waals surface area contributed by atoms with Crippen molar-refractivity contribution in [2.24, 2.45) is 5.41 Å². The van der Waals surface area contributed by atoms with Gasteiger partial charge in [0.15, 0.2) is 5.82 Å². The molecule has 2 aliphatic rings. The van der Waals surface area contributed by atoms with Crippen LogP contribution in [0.3, 0.4) is 0 Å². The number of nitrogens with zero attached hydrogens (tertiary/aromatic N) is 4. The Hall–Kier alpha value is -3.29. The molecule has 0 radical (unpaired) electrons. The molecule has 0 saturated heterocycles. The van der Waals surface area contributed by atoms with E-state index in [1.807, 2.05) is 48.5 Å². The van der Waals surface area contributed by atoms with Crippen LogP contribution in [0, 0.1) is 16.7 Å². The molecule has 1 spiro atoms. The first kappa shape index (κ1) is 27.3. The Morgan fingerprint density at radius 2 is 2.08 bits per heavy atom. The lowest BCUT2D eigenvalue weighted by molar-refractivity contribution is -0.166. The van der Waals surface area contributed by atoms with Gasteiger partial charge in [-0.25, -0.2) is 14.6 Å². The summed E-state index contributed by atoms with van der Waals surface area (Å²) < 4.78 is 25.2. The maximum Gasteiger partial charge on any atom is 0.320 e. The number of ether oxygens (including phenoxy) is 2. The second-order valence-corrected chi connectivity index (χ2v) is 11.3. The first-order chi connectivity index (χ1) is 19.0. The molecule has 2 heterocycles. The van der Waals surface area contributed by atoms with Crippen molar-refractivity contribution in [2.45, 2.75) is 57.2 Å². The maximum atomic E-state index is 12.5. The van der Waals surface area contributed by atoms with Crippen molar-refractivity contribution in [3.8, 4) is 11.8 Å². The lowest BCUT2D eigenvalue weighted by Crippen LogP contribution is -2.48. The first-order valence-corrected chi connectivity index (χ1v) is 14.4. The molecule has 11 nitrogen and oxygen atoms in total. The van der Waals surface area contributed by atoms with Gasteiger partial charge in [-0.05, 0) is 68.2 Å². The topological polar surface area (TPSA) is 146 Å². The molecule has 2 aromatic heterocycles. The highest BCUT2D eigenvalue weighted by molar-refractivity contribution is 7.45. The number of aryl methyl sites for hydroxylation is 1. The molecule has 2 saturated carbocycles. The van der Waals surface area contributed by atoms with Crippen LogP contribution in [0.2, 0.25) is 0 Å². The van der Waals surface area contributed by atoms with Gasteiger partial charge in [0.2, 0.25) is 0 Å². The summed E-state index contributed by atoms with van der Waals surface area (Å²) in [6.07, 6.45) is 7.95. The number of para-hydroxylation sites is 1. The molecule has 2 fully saturated rings. The van der Waals surface area contributed by atoms with E-state index in [0.717, 1.165) is 24.1 Å². The number of esters is 1. The SMILES string of the molecule is N#CCOC(CCc1ccc2c(N)ncnn12)COP(NCC(=O)OC1CC2(CCC2)C1)Oc1ccccc1. The van der Waals surface area contributed by atoms with Gasteiger partial charge in [-0.2, -0.15) is 10.4 Å². The summed E-state index contributed by atoms with van der Waals surface area (Å²) in [5.41, 5.74) is 8.05. The zero-order chi connectivity index (χ0) is 27.1. The highest BCUT2D eigenvalue weighted by Crippen LogP contribution is 2.56. The van der Waals surface area contributed by atoms with Crippen LogP contribution in [-0.4, -0.2) is 52.5 Å². The van der Waals surface area contributed by atoms with Crippen molar-refractivity contribution < 1.29 is 23.3 Å². The number of nitrogens with two attached hydrogens (primary N) is 1. The van der Waals surface area contributed by atoms with E-state index in [-0.39, 0.29) is 37.9 Å². The normalized spacial score (nSPS) is 17.6. The minimum absolute atomic E-state index is 0.0105. The monoisotopic (exact) mass is 552 g/mol. The predicted molar refractivity (Wildman–Crippen MR) is 144 cm³/mol. The Morgan fingerprint density at radius 3 is 2.82 bits per heavy atom. The highest BCUT2D eigenvalue weighted by atomic mass is 31.2. The number of nitrogens with one attached hydrogen (secondary N) is 1. The van der Waals surface area contributed by atoms with E-state index in [1.165, 1.54) is 25.6 Å². The number of hydrogen-bond donors (Lipinski definition) is 2. The van der Waals surface area contributed by atoms with Crippen LogP contribution in [0.1, 0.15) is 44.2 Å². The van der Waals surface area contributed by atoms with E-state index in [9.17, 15) is 4.79 Å². The second kappa shape index (κ2) is 12.7. The van der Waals surface area contributed by atoms with Crippen molar-refractivity contribution in [1.29, 1.82) is 5.26 Å². The number of anilines is 1. The van der Waals surface area contributed by atoms with Crippen LogP contribution in [0.5, 0.6) is 5.75 Å². The summed E-state index contributed by atoms with van der Waals surface area (Å²) in [4.78, 5) is 16.5. The Kier molecular flexibility index (Phi) is 8.89. The largest absolute Gasteiger partial charge is 0.461 e. The maximum absolute atomic E-state index is 12.5. The summed E-state index contributed by atoms with van der Waals surface area (Å²) >= 11 is 0. The van der Waals surface area contributed by atoms with E-state index in [2.05, 4.69) is 15.2 Å². The van der Waals surface area contributed by atoms with Crippen molar-refractivity contribution in [2.75, 3.05) is 25.5 Å². The number of aromatic nitrogens is 3. The number of nitriles is 1. The fraction of sp³-hybridized carbons (Fsp3) is 0.481. The molecule has 0 bridgehead atoms. The van der Waals surface area contributed by atoms with Crippen molar-refractivity contribution in [3.63, 3.8) is 0 Å². The number of carbonyl (C=O) groups excluding carboxylic acids is 1. The van der Waals surface area contributed by atoms with Crippen LogP contribution in [-0.2, 0) is 25.2 Å². The van der Waals surface area contributed by atoms with Gasteiger partial charge in [0.25, 0.3) is 0 Å².